The molecule has 1 aliphatic carbocycles. The van der Waals surface area contributed by atoms with Crippen LogP contribution < -0.4 is 0 Å². The molecule has 2 aliphatic heterocycles. The second kappa shape index (κ2) is 3.25. The number of hydrogen-bond acceptors (Lipinski definition) is 3. The molecule has 2 heterocycles. The molecular formula is C12H22N2O2S. The molecule has 17 heavy (non-hydrogen) atoms. The maximum Gasteiger partial charge on any atom is 0.219 e. The van der Waals surface area contributed by atoms with Crippen LogP contribution in [0.1, 0.15) is 33.6 Å². The molecule has 0 N–H and O–H groups in total. The largest absolute Gasteiger partial charge is 0.296 e. The number of rotatable bonds is 2. The number of sulfonamides is 1. The Bertz CT molecular complexity index is 420. The standard InChI is InChI=1S/C12H22N2O2S/c1-11(2,3)13-6-10(7-13)17(15,16)14-8-12(9-14)4-5-12/h10H,4-9H2,1-3H3. The summed E-state index contributed by atoms with van der Waals surface area (Å²) in [4.78, 5) is 2.24. The first-order valence-electron chi connectivity index (χ1n) is 6.47. The second-order valence-corrected chi connectivity index (χ2v) is 9.22. The smallest absolute Gasteiger partial charge is 0.219 e. The Kier molecular flexibility index (Phi) is 2.28. The van der Waals surface area contributed by atoms with Crippen molar-refractivity contribution >= 4 is 10.0 Å². The average molecular weight is 258 g/mol. The minimum absolute atomic E-state index is 0.0959. The highest BCUT2D eigenvalue weighted by Crippen LogP contribution is 2.54. The lowest BCUT2D eigenvalue weighted by molar-refractivity contribution is 0.0668. The zero-order chi connectivity index (χ0) is 12.5. The van der Waals surface area contributed by atoms with Crippen LogP contribution in [0.5, 0.6) is 0 Å². The van der Waals surface area contributed by atoms with Crippen LogP contribution >= 0.6 is 0 Å². The van der Waals surface area contributed by atoms with Gasteiger partial charge < -0.3 is 0 Å². The van der Waals surface area contributed by atoms with E-state index in [1.165, 1.54) is 12.8 Å². The predicted molar refractivity (Wildman–Crippen MR) is 67.3 cm³/mol. The third-order valence-corrected chi connectivity index (χ3v) is 6.68. The van der Waals surface area contributed by atoms with Crippen molar-refractivity contribution in [3.8, 4) is 0 Å². The van der Waals surface area contributed by atoms with E-state index in [9.17, 15) is 8.42 Å². The molecule has 0 aromatic rings. The molecule has 0 unspecified atom stereocenters. The molecule has 98 valence electrons. The zero-order valence-electron chi connectivity index (χ0n) is 10.9. The molecule has 0 aromatic heterocycles. The van der Waals surface area contributed by atoms with Gasteiger partial charge in [0.15, 0.2) is 0 Å². The first-order valence-corrected chi connectivity index (χ1v) is 7.97. The minimum atomic E-state index is -3.00. The molecule has 1 saturated carbocycles. The quantitative estimate of drug-likeness (QED) is 0.739. The van der Waals surface area contributed by atoms with Crippen LogP contribution in [0.15, 0.2) is 0 Å². The molecule has 5 heteroatoms. The van der Waals surface area contributed by atoms with E-state index in [2.05, 4.69) is 25.7 Å². The van der Waals surface area contributed by atoms with Crippen LogP contribution in [0.3, 0.4) is 0 Å². The Labute approximate surface area is 104 Å². The molecule has 3 rings (SSSR count). The van der Waals surface area contributed by atoms with Crippen LogP contribution in [0.25, 0.3) is 0 Å². The summed E-state index contributed by atoms with van der Waals surface area (Å²) in [5.74, 6) is 0. The van der Waals surface area contributed by atoms with Crippen molar-refractivity contribution in [3.63, 3.8) is 0 Å². The van der Waals surface area contributed by atoms with E-state index in [0.717, 1.165) is 13.1 Å². The van der Waals surface area contributed by atoms with E-state index in [-0.39, 0.29) is 10.8 Å². The summed E-state index contributed by atoms with van der Waals surface area (Å²) >= 11 is 0. The number of hydrogen-bond donors (Lipinski definition) is 0. The number of likely N-dealkylation sites (tertiary alicyclic amines) is 1. The van der Waals surface area contributed by atoms with Crippen LogP contribution in [0.2, 0.25) is 0 Å². The predicted octanol–water partition coefficient (Wildman–Crippen LogP) is 0.895. The first-order chi connectivity index (χ1) is 7.73. The molecule has 1 spiro atoms. The van der Waals surface area contributed by atoms with Gasteiger partial charge in [0.25, 0.3) is 0 Å². The van der Waals surface area contributed by atoms with Gasteiger partial charge in [0.2, 0.25) is 10.0 Å². The van der Waals surface area contributed by atoms with E-state index in [4.69, 9.17) is 0 Å². The maximum atomic E-state index is 12.3. The third kappa shape index (κ3) is 1.83. The Morgan fingerprint density at radius 3 is 2.06 bits per heavy atom. The summed E-state index contributed by atoms with van der Waals surface area (Å²) in [7, 11) is -3.00. The van der Waals surface area contributed by atoms with E-state index in [1.54, 1.807) is 4.31 Å². The van der Waals surface area contributed by atoms with Crippen molar-refractivity contribution in [2.45, 2.75) is 44.4 Å². The van der Waals surface area contributed by atoms with Gasteiger partial charge in [-0.1, -0.05) is 0 Å². The fourth-order valence-corrected chi connectivity index (χ4v) is 4.83. The molecule has 2 saturated heterocycles. The summed E-state index contributed by atoms with van der Waals surface area (Å²) < 4.78 is 26.3. The van der Waals surface area contributed by atoms with Crippen molar-refractivity contribution in [2.24, 2.45) is 5.41 Å². The normalized spacial score (nSPS) is 30.1. The Morgan fingerprint density at radius 2 is 1.65 bits per heavy atom. The van der Waals surface area contributed by atoms with Crippen LogP contribution in [0, 0.1) is 5.41 Å². The minimum Gasteiger partial charge on any atom is -0.296 e. The van der Waals surface area contributed by atoms with Crippen molar-refractivity contribution in [1.82, 2.24) is 9.21 Å². The van der Waals surface area contributed by atoms with Gasteiger partial charge in [-0.3, -0.25) is 4.90 Å². The monoisotopic (exact) mass is 258 g/mol. The van der Waals surface area contributed by atoms with Gasteiger partial charge >= 0.3 is 0 Å². The van der Waals surface area contributed by atoms with Crippen LogP contribution in [-0.2, 0) is 10.0 Å². The molecule has 3 fully saturated rings. The van der Waals surface area contributed by atoms with Gasteiger partial charge in [-0.15, -0.1) is 0 Å². The van der Waals surface area contributed by atoms with Gasteiger partial charge in [0.05, 0.1) is 0 Å². The van der Waals surface area contributed by atoms with Gasteiger partial charge in [0, 0.05) is 31.7 Å². The maximum absolute atomic E-state index is 12.3. The molecule has 0 radical (unpaired) electrons. The van der Waals surface area contributed by atoms with E-state index >= 15 is 0 Å². The summed E-state index contributed by atoms with van der Waals surface area (Å²) in [6.45, 7) is 9.41. The topological polar surface area (TPSA) is 40.6 Å². The van der Waals surface area contributed by atoms with E-state index < -0.39 is 10.0 Å². The van der Waals surface area contributed by atoms with Gasteiger partial charge in [0.1, 0.15) is 5.25 Å². The van der Waals surface area contributed by atoms with Crippen molar-refractivity contribution in [1.29, 1.82) is 0 Å². The first kappa shape index (κ1) is 11.9. The van der Waals surface area contributed by atoms with Gasteiger partial charge in [-0.05, 0) is 39.0 Å². The Balaban J connectivity index is 1.59. The SMILES string of the molecule is CC(C)(C)N1CC(S(=O)(=O)N2CC3(CC3)C2)C1. The lowest BCUT2D eigenvalue weighted by Crippen LogP contribution is -2.66. The fraction of sp³-hybridized carbons (Fsp3) is 1.00. The highest BCUT2D eigenvalue weighted by atomic mass is 32.2. The summed E-state index contributed by atoms with van der Waals surface area (Å²) in [5.41, 5.74) is 0.513. The molecule has 0 bridgehead atoms. The van der Waals surface area contributed by atoms with Crippen molar-refractivity contribution in [2.75, 3.05) is 26.2 Å². The van der Waals surface area contributed by atoms with E-state index in [1.807, 2.05) is 0 Å². The summed E-state index contributed by atoms with van der Waals surface area (Å²) in [5, 5.41) is -0.155. The number of nitrogens with zero attached hydrogens (tertiary/aromatic N) is 2. The van der Waals surface area contributed by atoms with Crippen molar-refractivity contribution in [3.05, 3.63) is 0 Å². The van der Waals surface area contributed by atoms with Gasteiger partial charge in [-0.2, -0.15) is 0 Å². The van der Waals surface area contributed by atoms with E-state index in [0.29, 0.717) is 18.5 Å². The third-order valence-electron chi connectivity index (χ3n) is 4.56. The molecule has 3 aliphatic rings. The molecule has 0 atom stereocenters. The summed E-state index contributed by atoms with van der Waals surface area (Å²) in [6, 6.07) is 0. The van der Waals surface area contributed by atoms with Crippen molar-refractivity contribution < 1.29 is 8.42 Å². The van der Waals surface area contributed by atoms with Gasteiger partial charge in [-0.25, -0.2) is 12.7 Å². The van der Waals surface area contributed by atoms with Crippen LogP contribution in [-0.4, -0.2) is 54.6 Å². The Morgan fingerprint density at radius 1 is 1.12 bits per heavy atom. The second-order valence-electron chi connectivity index (χ2n) is 7.01. The van der Waals surface area contributed by atoms with Crippen LogP contribution in [0.4, 0.5) is 0 Å². The average Bonchev–Trinajstić information content (AvgIpc) is 2.71. The highest BCUT2D eigenvalue weighted by molar-refractivity contribution is 7.89. The highest BCUT2D eigenvalue weighted by Gasteiger charge is 2.58. The molecule has 4 nitrogen and oxygen atoms in total. The molecular weight excluding hydrogens is 236 g/mol. The Hall–Kier alpha value is -0.130. The summed E-state index contributed by atoms with van der Waals surface area (Å²) in [6.07, 6.45) is 2.47. The lowest BCUT2D eigenvalue weighted by Gasteiger charge is -2.50. The molecule has 0 aromatic carbocycles. The zero-order valence-corrected chi connectivity index (χ0v) is 11.8. The molecule has 0 amide bonds. The lowest BCUT2D eigenvalue weighted by atomic mass is 10.0. The fourth-order valence-electron chi connectivity index (χ4n) is 2.76.